The normalized spacial score (nSPS) is 9.53. The summed E-state index contributed by atoms with van der Waals surface area (Å²) in [5, 5.41) is 0.951. The lowest BCUT2D eigenvalue weighted by molar-refractivity contribution is -0.147. The van der Waals surface area contributed by atoms with Gasteiger partial charge in [-0.25, -0.2) is 4.79 Å². The molecule has 0 saturated carbocycles. The molecule has 80 valence electrons. The molecule has 0 aliphatic rings. The SMILES string of the molecule is CC(=O)ON(C(C)=O)c1cccc(Br)c1. The van der Waals surface area contributed by atoms with Crippen LogP contribution in [0.2, 0.25) is 0 Å². The summed E-state index contributed by atoms with van der Waals surface area (Å²) in [5.74, 6) is -0.895. The third kappa shape index (κ3) is 3.36. The van der Waals surface area contributed by atoms with Gasteiger partial charge in [0.15, 0.2) is 0 Å². The number of halogens is 1. The fraction of sp³-hybridized carbons (Fsp3) is 0.200. The average molecular weight is 272 g/mol. The van der Waals surface area contributed by atoms with Crippen LogP contribution in [0.1, 0.15) is 13.8 Å². The van der Waals surface area contributed by atoms with Gasteiger partial charge in [0, 0.05) is 18.3 Å². The van der Waals surface area contributed by atoms with Crippen molar-refractivity contribution in [1.29, 1.82) is 0 Å². The highest BCUT2D eigenvalue weighted by atomic mass is 79.9. The van der Waals surface area contributed by atoms with Crippen LogP contribution in [0.4, 0.5) is 5.69 Å². The number of carbonyl (C=O) groups excluding carboxylic acids is 2. The monoisotopic (exact) mass is 271 g/mol. The van der Waals surface area contributed by atoms with Gasteiger partial charge in [-0.15, -0.1) is 5.06 Å². The van der Waals surface area contributed by atoms with Crippen molar-refractivity contribution in [1.82, 2.24) is 0 Å². The van der Waals surface area contributed by atoms with Gasteiger partial charge in [0.05, 0.1) is 5.69 Å². The largest absolute Gasteiger partial charge is 0.334 e. The zero-order chi connectivity index (χ0) is 11.4. The molecule has 0 aromatic heterocycles. The van der Waals surface area contributed by atoms with E-state index in [-0.39, 0.29) is 5.91 Å². The summed E-state index contributed by atoms with van der Waals surface area (Å²) in [6.07, 6.45) is 0. The smallest absolute Gasteiger partial charge is 0.330 e. The Hall–Kier alpha value is -1.36. The topological polar surface area (TPSA) is 46.6 Å². The summed E-state index contributed by atoms with van der Waals surface area (Å²) in [5.41, 5.74) is 0.507. The van der Waals surface area contributed by atoms with E-state index in [2.05, 4.69) is 15.9 Å². The molecule has 0 unspecified atom stereocenters. The molecule has 0 N–H and O–H groups in total. The van der Waals surface area contributed by atoms with Crippen molar-refractivity contribution in [3.05, 3.63) is 28.7 Å². The summed E-state index contributed by atoms with van der Waals surface area (Å²) < 4.78 is 0.804. The van der Waals surface area contributed by atoms with Crippen molar-refractivity contribution < 1.29 is 14.4 Å². The molecule has 15 heavy (non-hydrogen) atoms. The minimum atomic E-state index is -0.537. The number of amides is 1. The molecule has 0 aliphatic heterocycles. The second-order valence-electron chi connectivity index (χ2n) is 2.88. The first kappa shape index (κ1) is 11.7. The molecule has 1 aromatic rings. The first-order valence-electron chi connectivity index (χ1n) is 4.25. The van der Waals surface area contributed by atoms with Crippen LogP contribution in [0, 0.1) is 0 Å². The third-order valence-electron chi connectivity index (χ3n) is 1.55. The summed E-state index contributed by atoms with van der Waals surface area (Å²) in [7, 11) is 0. The molecule has 0 heterocycles. The molecule has 0 saturated heterocycles. The molecule has 0 aliphatic carbocycles. The van der Waals surface area contributed by atoms with E-state index in [1.807, 2.05) is 6.07 Å². The van der Waals surface area contributed by atoms with E-state index < -0.39 is 5.97 Å². The maximum Gasteiger partial charge on any atom is 0.330 e. The Balaban J connectivity index is 2.98. The van der Waals surface area contributed by atoms with Crippen molar-refractivity contribution in [2.24, 2.45) is 0 Å². The molecule has 0 spiro atoms. The van der Waals surface area contributed by atoms with Crippen LogP contribution in [0.25, 0.3) is 0 Å². The second-order valence-corrected chi connectivity index (χ2v) is 3.79. The van der Waals surface area contributed by atoms with E-state index in [4.69, 9.17) is 4.84 Å². The zero-order valence-electron chi connectivity index (χ0n) is 8.36. The summed E-state index contributed by atoms with van der Waals surface area (Å²) in [6.45, 7) is 2.57. The highest BCUT2D eigenvalue weighted by molar-refractivity contribution is 9.10. The van der Waals surface area contributed by atoms with Crippen molar-refractivity contribution in [2.75, 3.05) is 5.06 Å². The van der Waals surface area contributed by atoms with E-state index >= 15 is 0 Å². The van der Waals surface area contributed by atoms with Gasteiger partial charge in [-0.2, -0.15) is 0 Å². The van der Waals surface area contributed by atoms with Gasteiger partial charge < -0.3 is 4.84 Å². The number of anilines is 1. The lowest BCUT2D eigenvalue weighted by Gasteiger charge is -2.18. The van der Waals surface area contributed by atoms with Crippen molar-refractivity contribution >= 4 is 33.5 Å². The minimum absolute atomic E-state index is 0.358. The Morgan fingerprint density at radius 1 is 1.33 bits per heavy atom. The minimum Gasteiger partial charge on any atom is -0.334 e. The summed E-state index contributed by atoms with van der Waals surface area (Å²) >= 11 is 3.27. The Morgan fingerprint density at radius 3 is 2.47 bits per heavy atom. The van der Waals surface area contributed by atoms with Gasteiger partial charge in [0.2, 0.25) is 0 Å². The van der Waals surface area contributed by atoms with Crippen LogP contribution >= 0.6 is 15.9 Å². The molecule has 1 aromatic carbocycles. The number of carbonyl (C=O) groups is 2. The van der Waals surface area contributed by atoms with E-state index in [9.17, 15) is 9.59 Å². The van der Waals surface area contributed by atoms with Crippen molar-refractivity contribution in [2.45, 2.75) is 13.8 Å². The number of benzene rings is 1. The fourth-order valence-corrected chi connectivity index (χ4v) is 1.42. The second kappa shape index (κ2) is 4.93. The lowest BCUT2D eigenvalue weighted by atomic mass is 10.3. The first-order chi connectivity index (χ1) is 7.00. The van der Waals surface area contributed by atoms with E-state index in [1.54, 1.807) is 18.2 Å². The number of hydrogen-bond donors (Lipinski definition) is 0. The zero-order valence-corrected chi connectivity index (χ0v) is 9.95. The van der Waals surface area contributed by atoms with Crippen LogP contribution in [0.15, 0.2) is 28.7 Å². The van der Waals surface area contributed by atoms with Gasteiger partial charge in [-0.3, -0.25) is 4.79 Å². The maximum absolute atomic E-state index is 11.2. The lowest BCUT2D eigenvalue weighted by Crippen LogP contribution is -2.30. The number of nitrogens with zero attached hydrogens (tertiary/aromatic N) is 1. The highest BCUT2D eigenvalue weighted by Crippen LogP contribution is 2.20. The number of rotatable bonds is 1. The van der Waals surface area contributed by atoms with Gasteiger partial charge in [0.25, 0.3) is 5.91 Å². The van der Waals surface area contributed by atoms with Crippen LogP contribution in [-0.2, 0) is 14.4 Å². The Labute approximate surface area is 95.9 Å². The summed E-state index contributed by atoms with van der Waals surface area (Å²) in [6, 6.07) is 6.92. The predicted molar refractivity (Wildman–Crippen MR) is 59.1 cm³/mol. The first-order valence-corrected chi connectivity index (χ1v) is 5.05. The molecule has 0 atom stereocenters. The molecular formula is C10H10BrNO3. The standard InChI is InChI=1S/C10H10BrNO3/c1-7(13)12(15-8(2)14)10-5-3-4-9(11)6-10/h3-6H,1-2H3. The Kier molecular flexibility index (Phi) is 3.85. The molecule has 5 heteroatoms. The van der Waals surface area contributed by atoms with Gasteiger partial charge in [-0.1, -0.05) is 22.0 Å². The van der Waals surface area contributed by atoms with Crippen molar-refractivity contribution in [3.8, 4) is 0 Å². The fourth-order valence-electron chi connectivity index (χ4n) is 1.03. The molecular weight excluding hydrogens is 262 g/mol. The molecule has 1 amide bonds. The number of hydrogen-bond acceptors (Lipinski definition) is 3. The molecule has 0 radical (unpaired) electrons. The highest BCUT2D eigenvalue weighted by Gasteiger charge is 2.14. The van der Waals surface area contributed by atoms with Crippen LogP contribution in [-0.4, -0.2) is 11.9 Å². The van der Waals surface area contributed by atoms with E-state index in [0.29, 0.717) is 5.69 Å². The van der Waals surface area contributed by atoms with Crippen LogP contribution in [0.5, 0.6) is 0 Å². The van der Waals surface area contributed by atoms with Gasteiger partial charge in [-0.05, 0) is 18.2 Å². The molecule has 1 rings (SSSR count). The van der Waals surface area contributed by atoms with E-state index in [1.165, 1.54) is 13.8 Å². The van der Waals surface area contributed by atoms with Crippen molar-refractivity contribution in [3.63, 3.8) is 0 Å². The number of hydroxylamine groups is 1. The van der Waals surface area contributed by atoms with Crippen LogP contribution in [0.3, 0.4) is 0 Å². The van der Waals surface area contributed by atoms with E-state index in [0.717, 1.165) is 9.54 Å². The quantitative estimate of drug-likeness (QED) is 0.737. The Bertz CT molecular complexity index is 392. The predicted octanol–water partition coefficient (Wildman–Crippen LogP) is 2.28. The summed E-state index contributed by atoms with van der Waals surface area (Å²) in [4.78, 5) is 26.8. The third-order valence-corrected chi connectivity index (χ3v) is 2.04. The Morgan fingerprint density at radius 2 is 2.00 bits per heavy atom. The van der Waals surface area contributed by atoms with Gasteiger partial charge in [0.1, 0.15) is 0 Å². The maximum atomic E-state index is 11.2. The average Bonchev–Trinajstić information content (AvgIpc) is 2.13. The molecule has 4 nitrogen and oxygen atoms in total. The van der Waals surface area contributed by atoms with Crippen LogP contribution < -0.4 is 5.06 Å². The molecule has 0 bridgehead atoms. The van der Waals surface area contributed by atoms with Gasteiger partial charge >= 0.3 is 5.97 Å². The molecule has 0 fully saturated rings.